The van der Waals surface area contributed by atoms with Gasteiger partial charge in [0.25, 0.3) is 11.8 Å². The summed E-state index contributed by atoms with van der Waals surface area (Å²) in [4.78, 5) is 43.6. The lowest BCUT2D eigenvalue weighted by atomic mass is 9.73. The zero-order chi connectivity index (χ0) is 27.1. The van der Waals surface area contributed by atoms with Crippen molar-refractivity contribution >= 4 is 29.2 Å². The van der Waals surface area contributed by atoms with Gasteiger partial charge in [-0.05, 0) is 62.1 Å². The van der Waals surface area contributed by atoms with Gasteiger partial charge in [-0.3, -0.25) is 14.4 Å². The molecule has 4 heterocycles. The predicted molar refractivity (Wildman–Crippen MR) is 142 cm³/mol. The van der Waals surface area contributed by atoms with Gasteiger partial charge in [0.2, 0.25) is 5.91 Å². The molecule has 1 aromatic carbocycles. The highest BCUT2D eigenvalue weighted by Crippen LogP contribution is 2.45. The number of pyridine rings is 1. The first kappa shape index (κ1) is 25.0. The summed E-state index contributed by atoms with van der Waals surface area (Å²) >= 11 is 0. The molecule has 1 atom stereocenters. The van der Waals surface area contributed by atoms with Crippen molar-refractivity contribution in [1.29, 1.82) is 0 Å². The van der Waals surface area contributed by atoms with Gasteiger partial charge in [-0.1, -0.05) is 29.4 Å². The first-order valence-corrected chi connectivity index (χ1v) is 13.1. The molecule has 1 aliphatic carbocycles. The average molecular weight is 528 g/mol. The number of benzene rings is 1. The molecule has 1 spiro atoms. The second-order valence-electron chi connectivity index (χ2n) is 10.4. The Labute approximate surface area is 225 Å². The number of carbonyl (C=O) groups excluding carboxylic acids is 3. The third kappa shape index (κ3) is 4.40. The van der Waals surface area contributed by atoms with Crippen molar-refractivity contribution in [1.82, 2.24) is 15.5 Å². The number of ether oxygens (including phenoxy) is 1. The number of carbonyl (C=O) groups is 3. The summed E-state index contributed by atoms with van der Waals surface area (Å²) < 4.78 is 10.4. The fourth-order valence-electron chi connectivity index (χ4n) is 5.87. The summed E-state index contributed by atoms with van der Waals surface area (Å²) in [5.41, 5.74) is 5.42. The summed E-state index contributed by atoms with van der Waals surface area (Å²) in [6.07, 6.45) is 7.33. The molecule has 2 aliphatic heterocycles. The summed E-state index contributed by atoms with van der Waals surface area (Å²) in [5.74, 6) is -0.536. The lowest BCUT2D eigenvalue weighted by molar-refractivity contribution is -0.124. The molecule has 0 saturated carbocycles. The van der Waals surface area contributed by atoms with Crippen molar-refractivity contribution in [2.45, 2.75) is 50.9 Å². The Morgan fingerprint density at radius 1 is 1.23 bits per heavy atom. The van der Waals surface area contributed by atoms with Crippen LogP contribution in [0.2, 0.25) is 0 Å². The Morgan fingerprint density at radius 2 is 2.05 bits per heavy atom. The van der Waals surface area contributed by atoms with E-state index in [2.05, 4.69) is 51.2 Å². The van der Waals surface area contributed by atoms with E-state index in [9.17, 15) is 14.4 Å². The molecule has 0 bridgehead atoms. The molecule has 1 fully saturated rings. The molecule has 3 amide bonds. The molecule has 3 aliphatic rings. The van der Waals surface area contributed by atoms with Crippen LogP contribution in [0.25, 0.3) is 0 Å². The zero-order valence-electron chi connectivity index (χ0n) is 21.8. The van der Waals surface area contributed by atoms with Crippen LogP contribution in [-0.2, 0) is 26.2 Å². The molecule has 39 heavy (non-hydrogen) atoms. The number of fused-ring (bicyclic) bond motifs is 3. The maximum Gasteiger partial charge on any atom is 0.272 e. The summed E-state index contributed by atoms with van der Waals surface area (Å²) in [6, 6.07) is 7.91. The molecule has 1 saturated heterocycles. The maximum absolute atomic E-state index is 13.4. The summed E-state index contributed by atoms with van der Waals surface area (Å²) in [7, 11) is 0. The van der Waals surface area contributed by atoms with Crippen LogP contribution in [0, 0.1) is 13.8 Å². The van der Waals surface area contributed by atoms with Crippen LogP contribution >= 0.6 is 0 Å². The monoisotopic (exact) mass is 527 g/mol. The molecular formula is C29H29N5O5. The summed E-state index contributed by atoms with van der Waals surface area (Å²) in [6.45, 7) is 4.76. The number of nitrogens with one attached hydrogen (secondary N) is 3. The minimum Gasteiger partial charge on any atom is -0.381 e. The first-order valence-electron chi connectivity index (χ1n) is 13.1. The van der Waals surface area contributed by atoms with E-state index in [4.69, 9.17) is 9.26 Å². The van der Waals surface area contributed by atoms with Crippen LogP contribution in [0.15, 0.2) is 53.0 Å². The van der Waals surface area contributed by atoms with Gasteiger partial charge in [0, 0.05) is 31.0 Å². The molecule has 1 unspecified atom stereocenters. The van der Waals surface area contributed by atoms with Crippen LogP contribution < -0.4 is 16.0 Å². The van der Waals surface area contributed by atoms with Crippen LogP contribution in [-0.4, -0.2) is 41.1 Å². The molecule has 2 aromatic heterocycles. The van der Waals surface area contributed by atoms with E-state index in [1.165, 1.54) is 23.0 Å². The van der Waals surface area contributed by atoms with E-state index >= 15 is 0 Å². The van der Waals surface area contributed by atoms with Crippen molar-refractivity contribution in [3.63, 3.8) is 0 Å². The van der Waals surface area contributed by atoms with E-state index < -0.39 is 17.2 Å². The minimum atomic E-state index is -0.643. The number of anilines is 2. The first-order chi connectivity index (χ1) is 18.9. The molecule has 3 N–H and O–H groups in total. The third-order valence-electron chi connectivity index (χ3n) is 8.07. The molecule has 200 valence electrons. The SMILES string of the molecule is Cc1cccc2c1C(CC=C(NC(=O)c1conc1C)C(=O)Nc1cc3c(cn1)C1(CCOCC1)C(=O)N3)C2. The van der Waals surface area contributed by atoms with Gasteiger partial charge in [0.1, 0.15) is 23.3 Å². The van der Waals surface area contributed by atoms with E-state index in [1.807, 2.05) is 0 Å². The van der Waals surface area contributed by atoms with Gasteiger partial charge < -0.3 is 25.2 Å². The van der Waals surface area contributed by atoms with Crippen molar-refractivity contribution in [3.05, 3.63) is 82.0 Å². The van der Waals surface area contributed by atoms with E-state index in [0.717, 1.165) is 12.0 Å². The number of aromatic nitrogens is 2. The van der Waals surface area contributed by atoms with E-state index in [1.54, 1.807) is 25.3 Å². The fraction of sp³-hybridized carbons (Fsp3) is 0.345. The Kier molecular flexibility index (Phi) is 6.26. The van der Waals surface area contributed by atoms with Crippen molar-refractivity contribution in [2.24, 2.45) is 0 Å². The minimum absolute atomic E-state index is 0.0703. The maximum atomic E-state index is 13.4. The van der Waals surface area contributed by atoms with Crippen LogP contribution in [0.3, 0.4) is 0 Å². The van der Waals surface area contributed by atoms with Crippen molar-refractivity contribution in [2.75, 3.05) is 23.8 Å². The second kappa shape index (κ2) is 9.77. The van der Waals surface area contributed by atoms with Gasteiger partial charge in [0.05, 0.1) is 16.8 Å². The molecule has 3 aromatic rings. The quantitative estimate of drug-likeness (QED) is 0.416. The number of rotatable bonds is 6. The number of aryl methyl sites for hydroxylation is 2. The lowest BCUT2D eigenvalue weighted by Crippen LogP contribution is -2.40. The molecule has 10 nitrogen and oxygen atoms in total. The van der Waals surface area contributed by atoms with E-state index in [0.29, 0.717) is 43.9 Å². The Morgan fingerprint density at radius 3 is 2.79 bits per heavy atom. The number of nitrogens with zero attached hydrogens (tertiary/aromatic N) is 2. The molecular weight excluding hydrogens is 498 g/mol. The smallest absolute Gasteiger partial charge is 0.272 e. The zero-order valence-corrected chi connectivity index (χ0v) is 21.8. The van der Waals surface area contributed by atoms with Gasteiger partial charge in [0.15, 0.2) is 0 Å². The Bertz CT molecular complexity index is 1500. The van der Waals surface area contributed by atoms with Crippen LogP contribution in [0.4, 0.5) is 11.5 Å². The van der Waals surface area contributed by atoms with Crippen LogP contribution in [0.5, 0.6) is 0 Å². The Balaban J connectivity index is 1.23. The van der Waals surface area contributed by atoms with Gasteiger partial charge in [-0.25, -0.2) is 4.98 Å². The lowest BCUT2D eigenvalue weighted by Gasteiger charge is -2.31. The highest BCUT2D eigenvalue weighted by molar-refractivity contribution is 6.09. The fourth-order valence-corrected chi connectivity index (χ4v) is 5.87. The van der Waals surface area contributed by atoms with Gasteiger partial charge in [-0.2, -0.15) is 0 Å². The van der Waals surface area contributed by atoms with Gasteiger partial charge >= 0.3 is 0 Å². The largest absolute Gasteiger partial charge is 0.381 e. The predicted octanol–water partition coefficient (Wildman–Crippen LogP) is 3.67. The molecule has 10 heteroatoms. The van der Waals surface area contributed by atoms with Crippen molar-refractivity contribution < 1.29 is 23.6 Å². The second-order valence-corrected chi connectivity index (χ2v) is 10.4. The summed E-state index contributed by atoms with van der Waals surface area (Å²) in [5, 5.41) is 12.2. The van der Waals surface area contributed by atoms with Crippen molar-refractivity contribution in [3.8, 4) is 0 Å². The van der Waals surface area contributed by atoms with Crippen LogP contribution in [0.1, 0.15) is 63.5 Å². The highest BCUT2D eigenvalue weighted by atomic mass is 16.5. The number of amides is 3. The average Bonchev–Trinajstić information content (AvgIpc) is 3.44. The Hall–Kier alpha value is -4.31. The van der Waals surface area contributed by atoms with Gasteiger partial charge in [-0.15, -0.1) is 0 Å². The molecule has 0 radical (unpaired) electrons. The normalized spacial score (nSPS) is 19.1. The molecule has 6 rings (SSSR count). The number of hydrogen-bond donors (Lipinski definition) is 3. The number of allylic oxidation sites excluding steroid dienone is 1. The van der Waals surface area contributed by atoms with E-state index in [-0.39, 0.29) is 28.9 Å². The number of hydrogen-bond acceptors (Lipinski definition) is 7. The topological polar surface area (TPSA) is 135 Å². The highest BCUT2D eigenvalue weighted by Gasteiger charge is 2.48. The standard InChI is InChI=1S/C29H29N5O5/c1-16-4-3-5-18-12-19(25(16)18)6-7-22(31-26(35)20-15-39-34-17(20)2)27(36)33-24-13-23-21(14-30-24)29(28(37)32-23)8-10-38-11-9-29/h3-5,7,13-15,19H,6,8-12H2,1-2H3,(H,31,35)(H,32,37)(H,30,33,36). The third-order valence-corrected chi connectivity index (χ3v) is 8.07.